The predicted molar refractivity (Wildman–Crippen MR) is 135 cm³/mol. The molecule has 1 aliphatic rings. The third-order valence-electron chi connectivity index (χ3n) is 5.79. The summed E-state index contributed by atoms with van der Waals surface area (Å²) in [6, 6.07) is 18.8. The molecule has 4 rings (SSSR count). The van der Waals surface area contributed by atoms with Gasteiger partial charge in [0.2, 0.25) is 12.7 Å². The van der Waals surface area contributed by atoms with Crippen molar-refractivity contribution in [3.05, 3.63) is 83.3 Å². The van der Waals surface area contributed by atoms with Crippen molar-refractivity contribution in [2.45, 2.75) is 40.4 Å². The first-order valence-corrected chi connectivity index (χ1v) is 12.2. The summed E-state index contributed by atoms with van der Waals surface area (Å²) >= 11 is 0. The molecule has 1 N–H and O–H groups in total. The fourth-order valence-corrected chi connectivity index (χ4v) is 4.06. The summed E-state index contributed by atoms with van der Waals surface area (Å²) in [7, 11) is 0. The Kier molecular flexibility index (Phi) is 8.15. The van der Waals surface area contributed by atoms with Crippen LogP contribution in [0.4, 0.5) is 4.79 Å². The van der Waals surface area contributed by atoms with Crippen molar-refractivity contribution in [1.82, 2.24) is 15.1 Å². The van der Waals surface area contributed by atoms with Crippen LogP contribution in [0.1, 0.15) is 36.5 Å². The maximum absolute atomic E-state index is 13.6. The van der Waals surface area contributed by atoms with Crippen LogP contribution < -0.4 is 14.8 Å². The Morgan fingerprint density at radius 1 is 0.917 bits per heavy atom. The van der Waals surface area contributed by atoms with Crippen molar-refractivity contribution < 1.29 is 23.5 Å². The molecule has 1 aliphatic heterocycles. The second-order valence-electron chi connectivity index (χ2n) is 9.37. The highest BCUT2D eigenvalue weighted by atomic mass is 16.7. The summed E-state index contributed by atoms with van der Waals surface area (Å²) in [6.45, 7) is 7.57. The number of furan rings is 1. The Bertz CT molecular complexity index is 1170. The molecule has 0 saturated carbocycles. The number of carbonyl (C=O) groups excluding carboxylic acids is 2. The molecule has 36 heavy (non-hydrogen) atoms. The molecular formula is C28H33N3O5. The number of benzene rings is 2. The van der Waals surface area contributed by atoms with Crippen LogP contribution in [0.2, 0.25) is 0 Å². The van der Waals surface area contributed by atoms with Crippen LogP contribution in [-0.2, 0) is 24.4 Å². The third kappa shape index (κ3) is 6.81. The number of ether oxygens (including phenoxy) is 2. The van der Waals surface area contributed by atoms with E-state index in [1.54, 1.807) is 9.80 Å². The van der Waals surface area contributed by atoms with Gasteiger partial charge in [-0.05, 0) is 48.2 Å². The lowest BCUT2D eigenvalue weighted by atomic mass is 10.1. The van der Waals surface area contributed by atoms with E-state index in [4.69, 9.17) is 13.9 Å². The van der Waals surface area contributed by atoms with Crippen LogP contribution >= 0.6 is 0 Å². The molecule has 2 heterocycles. The van der Waals surface area contributed by atoms with Gasteiger partial charge in [-0.2, -0.15) is 0 Å². The van der Waals surface area contributed by atoms with Gasteiger partial charge in [-0.1, -0.05) is 50.2 Å². The van der Waals surface area contributed by atoms with Crippen LogP contribution in [0.5, 0.6) is 11.5 Å². The molecule has 0 atom stereocenters. The van der Waals surface area contributed by atoms with Crippen molar-refractivity contribution in [3.63, 3.8) is 0 Å². The minimum atomic E-state index is -0.266. The number of hydrogen-bond donors (Lipinski definition) is 1. The summed E-state index contributed by atoms with van der Waals surface area (Å²) in [6.07, 6.45) is 0. The summed E-state index contributed by atoms with van der Waals surface area (Å²) in [5.74, 6) is 2.85. The molecule has 2 aromatic carbocycles. The van der Waals surface area contributed by atoms with Crippen LogP contribution in [0, 0.1) is 12.8 Å². The zero-order valence-corrected chi connectivity index (χ0v) is 21.0. The van der Waals surface area contributed by atoms with Gasteiger partial charge in [0.05, 0.1) is 6.54 Å². The van der Waals surface area contributed by atoms with E-state index in [0.29, 0.717) is 43.4 Å². The first-order chi connectivity index (χ1) is 17.4. The predicted octanol–water partition coefficient (Wildman–Crippen LogP) is 4.71. The van der Waals surface area contributed by atoms with Gasteiger partial charge in [0.25, 0.3) is 0 Å². The van der Waals surface area contributed by atoms with Crippen molar-refractivity contribution in [1.29, 1.82) is 0 Å². The molecule has 0 fully saturated rings. The second-order valence-corrected chi connectivity index (χ2v) is 9.37. The number of urea groups is 1. The van der Waals surface area contributed by atoms with E-state index in [-0.39, 0.29) is 31.2 Å². The minimum Gasteiger partial charge on any atom is -0.464 e. The topological polar surface area (TPSA) is 84.2 Å². The number of carbonyl (C=O) groups is 2. The number of fused-ring (bicyclic) bond motifs is 1. The number of nitrogens with zero attached hydrogens (tertiary/aromatic N) is 2. The van der Waals surface area contributed by atoms with E-state index in [1.807, 2.05) is 81.4 Å². The smallest absolute Gasteiger partial charge is 0.318 e. The molecule has 0 spiro atoms. The van der Waals surface area contributed by atoms with Gasteiger partial charge in [-0.3, -0.25) is 4.79 Å². The Labute approximate surface area is 211 Å². The Hall–Kier alpha value is -3.94. The Morgan fingerprint density at radius 2 is 1.69 bits per heavy atom. The molecule has 190 valence electrons. The van der Waals surface area contributed by atoms with Crippen molar-refractivity contribution in [3.8, 4) is 11.5 Å². The minimum absolute atomic E-state index is 0.0386. The molecule has 0 radical (unpaired) electrons. The first-order valence-electron chi connectivity index (χ1n) is 12.2. The quantitative estimate of drug-likeness (QED) is 0.444. The summed E-state index contributed by atoms with van der Waals surface area (Å²) in [4.78, 5) is 29.9. The SMILES string of the molecule is Cc1ccc(CN(Cc2ccc3c(c2)OCO3)C(=O)CN(CC(C)C)C(=O)NCc2ccccc2)o1. The average molecular weight is 492 g/mol. The molecule has 0 bridgehead atoms. The van der Waals surface area contributed by atoms with E-state index >= 15 is 0 Å². The van der Waals surface area contributed by atoms with E-state index in [9.17, 15) is 9.59 Å². The van der Waals surface area contributed by atoms with Gasteiger partial charge < -0.3 is 29.0 Å². The molecule has 3 amide bonds. The van der Waals surface area contributed by atoms with Gasteiger partial charge in [0, 0.05) is 19.6 Å². The normalized spacial score (nSPS) is 12.0. The Morgan fingerprint density at radius 3 is 2.42 bits per heavy atom. The monoisotopic (exact) mass is 491 g/mol. The molecule has 0 unspecified atom stereocenters. The highest BCUT2D eigenvalue weighted by molar-refractivity contribution is 5.84. The third-order valence-corrected chi connectivity index (χ3v) is 5.79. The van der Waals surface area contributed by atoms with Crippen LogP contribution in [0.15, 0.2) is 65.1 Å². The number of hydrogen-bond acceptors (Lipinski definition) is 5. The molecule has 8 nitrogen and oxygen atoms in total. The van der Waals surface area contributed by atoms with Gasteiger partial charge >= 0.3 is 6.03 Å². The first kappa shape index (κ1) is 25.2. The number of nitrogens with one attached hydrogen (secondary N) is 1. The van der Waals surface area contributed by atoms with E-state index in [0.717, 1.165) is 16.9 Å². The van der Waals surface area contributed by atoms with E-state index in [1.165, 1.54) is 0 Å². The molecule has 1 aromatic heterocycles. The zero-order valence-electron chi connectivity index (χ0n) is 21.0. The second kappa shape index (κ2) is 11.7. The molecular weight excluding hydrogens is 458 g/mol. The lowest BCUT2D eigenvalue weighted by Gasteiger charge is -2.28. The highest BCUT2D eigenvalue weighted by Crippen LogP contribution is 2.33. The van der Waals surface area contributed by atoms with Crippen molar-refractivity contribution >= 4 is 11.9 Å². The van der Waals surface area contributed by atoms with E-state index in [2.05, 4.69) is 5.32 Å². The number of aryl methyl sites for hydroxylation is 1. The van der Waals surface area contributed by atoms with Gasteiger partial charge in [-0.15, -0.1) is 0 Å². The fraction of sp³-hybridized carbons (Fsp3) is 0.357. The summed E-state index contributed by atoms with van der Waals surface area (Å²) in [5, 5.41) is 2.95. The summed E-state index contributed by atoms with van der Waals surface area (Å²) < 4.78 is 16.7. The summed E-state index contributed by atoms with van der Waals surface area (Å²) in [5.41, 5.74) is 1.90. The zero-order chi connectivity index (χ0) is 25.5. The van der Waals surface area contributed by atoms with Gasteiger partial charge in [-0.25, -0.2) is 4.79 Å². The largest absolute Gasteiger partial charge is 0.464 e. The maximum atomic E-state index is 13.6. The lowest BCUT2D eigenvalue weighted by Crippen LogP contribution is -2.47. The van der Waals surface area contributed by atoms with E-state index < -0.39 is 0 Å². The molecule has 0 aliphatic carbocycles. The maximum Gasteiger partial charge on any atom is 0.318 e. The van der Waals surface area contributed by atoms with Crippen LogP contribution in [-0.4, -0.2) is 41.6 Å². The molecule has 0 saturated heterocycles. The van der Waals surface area contributed by atoms with Crippen molar-refractivity contribution in [2.75, 3.05) is 19.9 Å². The van der Waals surface area contributed by atoms with Crippen LogP contribution in [0.3, 0.4) is 0 Å². The number of rotatable bonds is 10. The molecule has 3 aromatic rings. The van der Waals surface area contributed by atoms with Crippen LogP contribution in [0.25, 0.3) is 0 Å². The average Bonchev–Trinajstić information content (AvgIpc) is 3.50. The van der Waals surface area contributed by atoms with Crippen molar-refractivity contribution in [2.24, 2.45) is 5.92 Å². The van der Waals surface area contributed by atoms with Gasteiger partial charge in [0.1, 0.15) is 18.1 Å². The lowest BCUT2D eigenvalue weighted by molar-refractivity contribution is -0.133. The highest BCUT2D eigenvalue weighted by Gasteiger charge is 2.24. The fourth-order valence-electron chi connectivity index (χ4n) is 4.06. The molecule has 8 heteroatoms. The standard InChI is InChI=1S/C28H33N3O5/c1-20(2)15-31(28(33)29-14-22-7-5-4-6-8-22)18-27(32)30(17-24-11-9-21(3)36-24)16-23-10-12-25-26(13-23)35-19-34-25/h4-13,20H,14-19H2,1-3H3,(H,29,33). The van der Waals surface area contributed by atoms with Gasteiger partial charge in [0.15, 0.2) is 11.5 Å². The Balaban J connectivity index is 1.48. The number of amides is 3.